The highest BCUT2D eigenvalue weighted by molar-refractivity contribution is 5.80. The minimum Gasteiger partial charge on any atom is -0.468 e. The van der Waals surface area contributed by atoms with Crippen LogP contribution in [0.15, 0.2) is 0 Å². The second-order valence-electron chi connectivity index (χ2n) is 6.45. The molecule has 0 aromatic rings. The van der Waals surface area contributed by atoms with Gasteiger partial charge >= 0.3 is 5.97 Å². The maximum Gasteiger partial charge on any atom is 0.325 e. The van der Waals surface area contributed by atoms with Crippen molar-refractivity contribution in [2.75, 3.05) is 47.9 Å². The minimum atomic E-state index is -0.529. The summed E-state index contributed by atoms with van der Waals surface area (Å²) in [7, 11) is 7.77. The highest BCUT2D eigenvalue weighted by Gasteiger charge is 2.38. The normalized spacial score (nSPS) is 18.4. The van der Waals surface area contributed by atoms with Crippen LogP contribution in [0.25, 0.3) is 0 Å². The highest BCUT2D eigenvalue weighted by Crippen LogP contribution is 2.25. The number of esters is 1. The number of nitrogens with one attached hydrogen (secondary N) is 1. The summed E-state index contributed by atoms with van der Waals surface area (Å²) in [6.45, 7) is 5.09. The summed E-state index contributed by atoms with van der Waals surface area (Å²) in [4.78, 5) is 16.5. The fraction of sp³-hybridized carbons (Fsp3) is 0.933. The number of nitrogens with zero attached hydrogens (tertiary/aromatic N) is 2. The van der Waals surface area contributed by atoms with Crippen molar-refractivity contribution in [3.05, 3.63) is 0 Å². The smallest absolute Gasteiger partial charge is 0.325 e. The Morgan fingerprint density at radius 1 is 1.25 bits per heavy atom. The number of methoxy groups -OCH3 is 1. The molecule has 0 amide bonds. The molecule has 5 heteroatoms. The molecule has 118 valence electrons. The summed E-state index contributed by atoms with van der Waals surface area (Å²) in [5.41, 5.74) is -0.529. The molecule has 0 aromatic carbocycles. The van der Waals surface area contributed by atoms with Gasteiger partial charge in [-0.25, -0.2) is 0 Å². The van der Waals surface area contributed by atoms with Gasteiger partial charge in [0.05, 0.1) is 7.11 Å². The Morgan fingerprint density at radius 2 is 1.90 bits per heavy atom. The number of hydrogen-bond acceptors (Lipinski definition) is 5. The third kappa shape index (κ3) is 6.20. The average molecular weight is 285 g/mol. The lowest BCUT2D eigenvalue weighted by Gasteiger charge is -2.29. The van der Waals surface area contributed by atoms with E-state index in [4.69, 9.17) is 4.74 Å². The molecule has 1 aliphatic rings. The lowest BCUT2D eigenvalue weighted by Crippen LogP contribution is -2.51. The van der Waals surface area contributed by atoms with Gasteiger partial charge < -0.3 is 14.5 Å². The van der Waals surface area contributed by atoms with Gasteiger partial charge in [-0.15, -0.1) is 0 Å². The van der Waals surface area contributed by atoms with Gasteiger partial charge in [0.2, 0.25) is 0 Å². The highest BCUT2D eigenvalue weighted by atomic mass is 16.5. The van der Waals surface area contributed by atoms with E-state index in [9.17, 15) is 4.79 Å². The Bertz CT molecular complexity index is 305. The molecule has 0 aliphatic heterocycles. The van der Waals surface area contributed by atoms with Crippen molar-refractivity contribution in [1.29, 1.82) is 0 Å². The topological polar surface area (TPSA) is 44.8 Å². The van der Waals surface area contributed by atoms with E-state index < -0.39 is 5.54 Å². The zero-order chi connectivity index (χ0) is 15.2. The molecule has 1 N–H and O–H groups in total. The van der Waals surface area contributed by atoms with E-state index in [1.54, 1.807) is 0 Å². The van der Waals surface area contributed by atoms with Gasteiger partial charge in [-0.3, -0.25) is 10.1 Å². The first kappa shape index (κ1) is 17.4. The minimum absolute atomic E-state index is 0.139. The fourth-order valence-electron chi connectivity index (χ4n) is 2.32. The Morgan fingerprint density at radius 3 is 2.40 bits per heavy atom. The standard InChI is InChI=1S/C15H31N3O2/c1-15(14(19)20-5,16-13-7-8-13)9-6-10-18(4)12-11-17(2)3/h13,16H,6-12H2,1-5H3. The zero-order valence-electron chi connectivity index (χ0n) is 13.7. The molecule has 1 atom stereocenters. The van der Waals surface area contributed by atoms with E-state index in [1.165, 1.54) is 20.0 Å². The largest absolute Gasteiger partial charge is 0.468 e. The molecule has 0 radical (unpaired) electrons. The SMILES string of the molecule is COC(=O)C(C)(CCCN(C)CCN(C)C)NC1CC1. The van der Waals surface area contributed by atoms with Crippen LogP contribution >= 0.6 is 0 Å². The number of rotatable bonds is 10. The van der Waals surface area contributed by atoms with Gasteiger partial charge in [-0.2, -0.15) is 0 Å². The van der Waals surface area contributed by atoms with E-state index in [0.29, 0.717) is 6.04 Å². The van der Waals surface area contributed by atoms with Gasteiger partial charge in [-0.05, 0) is 60.3 Å². The van der Waals surface area contributed by atoms with Crippen molar-refractivity contribution < 1.29 is 9.53 Å². The third-order valence-electron chi connectivity index (χ3n) is 3.88. The second kappa shape index (κ2) is 7.96. The van der Waals surface area contributed by atoms with Crippen LogP contribution in [-0.4, -0.2) is 75.2 Å². The molecule has 5 nitrogen and oxygen atoms in total. The third-order valence-corrected chi connectivity index (χ3v) is 3.88. The number of carbonyl (C=O) groups excluding carboxylic acids is 1. The molecule has 1 rings (SSSR count). The average Bonchev–Trinajstić information content (AvgIpc) is 3.19. The fourth-order valence-corrected chi connectivity index (χ4v) is 2.32. The van der Waals surface area contributed by atoms with Gasteiger partial charge in [0, 0.05) is 19.1 Å². The van der Waals surface area contributed by atoms with Crippen LogP contribution in [0.5, 0.6) is 0 Å². The summed E-state index contributed by atoms with van der Waals surface area (Å²) in [5, 5.41) is 3.44. The first-order valence-corrected chi connectivity index (χ1v) is 7.57. The first-order valence-electron chi connectivity index (χ1n) is 7.57. The molecular weight excluding hydrogens is 254 g/mol. The second-order valence-corrected chi connectivity index (χ2v) is 6.45. The van der Waals surface area contributed by atoms with Crippen molar-refractivity contribution in [3.8, 4) is 0 Å². The Balaban J connectivity index is 2.32. The summed E-state index contributed by atoms with van der Waals surface area (Å²) >= 11 is 0. The van der Waals surface area contributed by atoms with Crippen molar-refractivity contribution in [2.45, 2.75) is 44.2 Å². The van der Waals surface area contributed by atoms with Crippen LogP contribution < -0.4 is 5.32 Å². The summed E-state index contributed by atoms with van der Waals surface area (Å²) < 4.78 is 4.96. The Hall–Kier alpha value is -0.650. The number of carbonyl (C=O) groups is 1. The van der Waals surface area contributed by atoms with Crippen LogP contribution in [-0.2, 0) is 9.53 Å². The first-order chi connectivity index (χ1) is 9.37. The van der Waals surface area contributed by atoms with Gasteiger partial charge in [0.15, 0.2) is 0 Å². The quantitative estimate of drug-likeness (QED) is 0.605. The lowest BCUT2D eigenvalue weighted by atomic mass is 9.95. The Kier molecular flexibility index (Phi) is 6.92. The molecule has 1 saturated carbocycles. The van der Waals surface area contributed by atoms with Gasteiger partial charge in [-0.1, -0.05) is 0 Å². The number of hydrogen-bond donors (Lipinski definition) is 1. The van der Waals surface area contributed by atoms with Crippen LogP contribution in [0.1, 0.15) is 32.6 Å². The van der Waals surface area contributed by atoms with Crippen LogP contribution in [0.3, 0.4) is 0 Å². The summed E-state index contributed by atoms with van der Waals surface area (Å²) in [6.07, 6.45) is 4.17. The van der Waals surface area contributed by atoms with E-state index in [2.05, 4.69) is 36.3 Å². The van der Waals surface area contributed by atoms with E-state index in [-0.39, 0.29) is 5.97 Å². The molecule has 0 heterocycles. The number of likely N-dealkylation sites (N-methyl/N-ethyl adjacent to an activating group) is 2. The van der Waals surface area contributed by atoms with Crippen molar-refractivity contribution >= 4 is 5.97 Å². The monoisotopic (exact) mass is 285 g/mol. The summed E-state index contributed by atoms with van der Waals surface area (Å²) in [5.74, 6) is -0.139. The molecule has 0 spiro atoms. The maximum absolute atomic E-state index is 12.0. The zero-order valence-corrected chi connectivity index (χ0v) is 13.7. The van der Waals surface area contributed by atoms with Crippen molar-refractivity contribution in [3.63, 3.8) is 0 Å². The maximum atomic E-state index is 12.0. The van der Waals surface area contributed by atoms with Crippen molar-refractivity contribution in [2.24, 2.45) is 0 Å². The molecule has 1 aliphatic carbocycles. The summed E-state index contributed by atoms with van der Waals surface area (Å²) in [6, 6.07) is 0.505. The predicted molar refractivity (Wildman–Crippen MR) is 81.9 cm³/mol. The molecule has 0 aromatic heterocycles. The molecule has 20 heavy (non-hydrogen) atoms. The molecular formula is C15H31N3O2. The van der Waals surface area contributed by atoms with Crippen LogP contribution in [0.4, 0.5) is 0 Å². The molecule has 0 saturated heterocycles. The van der Waals surface area contributed by atoms with Crippen molar-refractivity contribution in [1.82, 2.24) is 15.1 Å². The van der Waals surface area contributed by atoms with Gasteiger partial charge in [0.25, 0.3) is 0 Å². The van der Waals surface area contributed by atoms with E-state index in [0.717, 1.165) is 32.5 Å². The predicted octanol–water partition coefficient (Wildman–Crippen LogP) is 0.944. The lowest BCUT2D eigenvalue weighted by molar-refractivity contribution is -0.148. The molecule has 1 fully saturated rings. The van der Waals surface area contributed by atoms with Gasteiger partial charge in [0.1, 0.15) is 5.54 Å². The molecule has 0 bridgehead atoms. The van der Waals surface area contributed by atoms with Crippen LogP contribution in [0, 0.1) is 0 Å². The van der Waals surface area contributed by atoms with E-state index in [1.807, 2.05) is 6.92 Å². The van der Waals surface area contributed by atoms with Crippen LogP contribution in [0.2, 0.25) is 0 Å². The van der Waals surface area contributed by atoms with E-state index >= 15 is 0 Å². The molecule has 1 unspecified atom stereocenters. The number of ether oxygens (including phenoxy) is 1. The Labute approximate surface area is 123 Å².